The number of hydrogen-bond acceptors (Lipinski definition) is 5. The first kappa shape index (κ1) is 15.9. The monoisotopic (exact) mass is 336 g/mol. The molecule has 5 nitrogen and oxygen atoms in total. The maximum absolute atomic E-state index is 14.0. The maximum Gasteiger partial charge on any atom is 0.179 e. The first-order valence-electron chi connectivity index (χ1n) is 7.23. The number of halogens is 1. The van der Waals surface area contributed by atoms with E-state index >= 15 is 0 Å². The number of aromatic nitrogens is 1. The lowest BCUT2D eigenvalue weighted by molar-refractivity contribution is 0.0371. The lowest BCUT2D eigenvalue weighted by Crippen LogP contribution is -2.39. The quantitative estimate of drug-likeness (QED) is 0.860. The number of benzene rings is 1. The summed E-state index contributed by atoms with van der Waals surface area (Å²) in [5.74, 6) is 0.0587. The lowest BCUT2D eigenvalue weighted by atomic mass is 10.1. The van der Waals surface area contributed by atoms with Crippen molar-refractivity contribution in [3.05, 3.63) is 54.0 Å². The molecule has 0 spiro atoms. The first-order chi connectivity index (χ1) is 11.0. The molecular weight excluding hydrogens is 319 g/mol. The fraction of sp³-hybridized carbons (Fsp3) is 0.312. The summed E-state index contributed by atoms with van der Waals surface area (Å²) in [6.45, 7) is 1.23. The summed E-state index contributed by atoms with van der Waals surface area (Å²) in [7, 11) is -3.39. The van der Waals surface area contributed by atoms with Crippen molar-refractivity contribution in [3.8, 4) is 0 Å². The first-order valence-corrected chi connectivity index (χ1v) is 9.12. The van der Waals surface area contributed by atoms with Gasteiger partial charge in [0.05, 0.1) is 13.2 Å². The summed E-state index contributed by atoms with van der Waals surface area (Å²) in [4.78, 5) is 6.22. The van der Waals surface area contributed by atoms with Gasteiger partial charge in [-0.05, 0) is 18.2 Å². The average molecular weight is 336 g/mol. The summed E-state index contributed by atoms with van der Waals surface area (Å²) >= 11 is 0. The van der Waals surface area contributed by atoms with Crippen molar-refractivity contribution < 1.29 is 17.5 Å². The van der Waals surface area contributed by atoms with E-state index in [0.717, 1.165) is 6.26 Å². The number of pyridine rings is 1. The SMILES string of the molecule is CS(=O)(=O)c1cccnc1N1CCOC(c2ccccc2F)C1. The highest BCUT2D eigenvalue weighted by atomic mass is 32.2. The molecule has 1 saturated heterocycles. The fourth-order valence-electron chi connectivity index (χ4n) is 2.68. The van der Waals surface area contributed by atoms with Crippen molar-refractivity contribution >= 4 is 15.7 Å². The molecule has 1 aliphatic heterocycles. The van der Waals surface area contributed by atoms with E-state index in [9.17, 15) is 12.8 Å². The van der Waals surface area contributed by atoms with Gasteiger partial charge in [0.15, 0.2) is 9.84 Å². The Morgan fingerprint density at radius 1 is 1.26 bits per heavy atom. The minimum absolute atomic E-state index is 0.175. The van der Waals surface area contributed by atoms with E-state index in [1.807, 2.05) is 4.90 Å². The standard InChI is InChI=1S/C16H17FN2O3S/c1-23(20,21)15-7-4-8-18-16(15)19-9-10-22-14(11-19)12-5-2-3-6-13(12)17/h2-8,14H,9-11H2,1H3. The Bertz CT molecular complexity index is 810. The predicted molar refractivity (Wildman–Crippen MR) is 84.7 cm³/mol. The van der Waals surface area contributed by atoms with Crippen LogP contribution in [0.15, 0.2) is 47.5 Å². The number of morpholine rings is 1. The number of anilines is 1. The van der Waals surface area contributed by atoms with E-state index < -0.39 is 15.9 Å². The van der Waals surface area contributed by atoms with E-state index in [1.54, 1.807) is 30.5 Å². The minimum atomic E-state index is -3.39. The molecule has 0 saturated carbocycles. The Hall–Kier alpha value is -1.99. The zero-order chi connectivity index (χ0) is 16.4. The number of nitrogens with zero attached hydrogens (tertiary/aromatic N) is 2. The fourth-order valence-corrected chi connectivity index (χ4v) is 3.51. The van der Waals surface area contributed by atoms with Crippen LogP contribution in [0.25, 0.3) is 0 Å². The Morgan fingerprint density at radius 3 is 2.78 bits per heavy atom. The van der Waals surface area contributed by atoms with Gasteiger partial charge in [-0.3, -0.25) is 0 Å². The minimum Gasteiger partial charge on any atom is -0.370 e. The Morgan fingerprint density at radius 2 is 2.04 bits per heavy atom. The molecule has 0 radical (unpaired) electrons. The van der Waals surface area contributed by atoms with Gasteiger partial charge in [0, 0.05) is 24.6 Å². The lowest BCUT2D eigenvalue weighted by Gasteiger charge is -2.34. The third-order valence-electron chi connectivity index (χ3n) is 3.77. The molecule has 1 aromatic carbocycles. The number of hydrogen-bond donors (Lipinski definition) is 0. The van der Waals surface area contributed by atoms with Gasteiger partial charge in [-0.15, -0.1) is 0 Å². The van der Waals surface area contributed by atoms with Crippen molar-refractivity contribution in [1.82, 2.24) is 4.98 Å². The molecule has 23 heavy (non-hydrogen) atoms. The molecule has 0 bridgehead atoms. The Labute approximate surface area is 134 Å². The summed E-state index contributed by atoms with van der Waals surface area (Å²) in [5, 5.41) is 0. The van der Waals surface area contributed by atoms with Crippen LogP contribution in [-0.2, 0) is 14.6 Å². The van der Waals surface area contributed by atoms with E-state index in [4.69, 9.17) is 4.74 Å². The second-order valence-corrected chi connectivity index (χ2v) is 7.41. The van der Waals surface area contributed by atoms with Gasteiger partial charge in [0.25, 0.3) is 0 Å². The summed E-state index contributed by atoms with van der Waals surface area (Å²) in [5.41, 5.74) is 0.467. The molecule has 1 atom stereocenters. The van der Waals surface area contributed by atoms with Gasteiger partial charge < -0.3 is 9.64 Å². The molecule has 1 fully saturated rings. The molecule has 1 aromatic heterocycles. The van der Waals surface area contributed by atoms with Crippen LogP contribution in [-0.4, -0.2) is 39.4 Å². The second-order valence-electron chi connectivity index (χ2n) is 5.42. The topological polar surface area (TPSA) is 59.5 Å². The zero-order valence-corrected chi connectivity index (χ0v) is 13.5. The molecule has 0 N–H and O–H groups in total. The number of ether oxygens (including phenoxy) is 1. The largest absolute Gasteiger partial charge is 0.370 e. The van der Waals surface area contributed by atoms with Crippen LogP contribution in [0, 0.1) is 5.82 Å². The molecule has 1 aliphatic rings. The molecule has 122 valence electrons. The van der Waals surface area contributed by atoms with Crippen molar-refractivity contribution in [2.75, 3.05) is 30.9 Å². The van der Waals surface area contributed by atoms with Gasteiger partial charge >= 0.3 is 0 Å². The molecule has 0 amide bonds. The van der Waals surface area contributed by atoms with E-state index in [-0.39, 0.29) is 10.7 Å². The molecule has 3 rings (SSSR count). The van der Waals surface area contributed by atoms with Gasteiger partial charge in [0.1, 0.15) is 22.6 Å². The number of sulfone groups is 1. The van der Waals surface area contributed by atoms with Crippen LogP contribution in [0.1, 0.15) is 11.7 Å². The average Bonchev–Trinajstić information content (AvgIpc) is 2.55. The van der Waals surface area contributed by atoms with Crippen LogP contribution in [0.2, 0.25) is 0 Å². The summed E-state index contributed by atoms with van der Waals surface area (Å²) in [6.07, 6.45) is 2.25. The van der Waals surface area contributed by atoms with Crippen LogP contribution in [0.4, 0.5) is 10.2 Å². The Balaban J connectivity index is 1.93. The van der Waals surface area contributed by atoms with Crippen molar-refractivity contribution in [2.24, 2.45) is 0 Å². The van der Waals surface area contributed by atoms with Gasteiger partial charge in [-0.2, -0.15) is 0 Å². The zero-order valence-electron chi connectivity index (χ0n) is 12.6. The number of rotatable bonds is 3. The van der Waals surface area contributed by atoms with E-state index in [0.29, 0.717) is 31.1 Å². The van der Waals surface area contributed by atoms with E-state index in [1.165, 1.54) is 12.1 Å². The van der Waals surface area contributed by atoms with Crippen LogP contribution in [0.3, 0.4) is 0 Å². The third-order valence-corrected chi connectivity index (χ3v) is 4.89. The highest BCUT2D eigenvalue weighted by Gasteiger charge is 2.28. The second kappa shape index (κ2) is 6.25. The summed E-state index contributed by atoms with van der Waals surface area (Å²) in [6, 6.07) is 9.57. The molecule has 0 aliphatic carbocycles. The molecular formula is C16H17FN2O3S. The van der Waals surface area contributed by atoms with Crippen LogP contribution < -0.4 is 4.90 Å². The normalized spacial score (nSPS) is 18.9. The molecule has 2 aromatic rings. The Kier molecular flexibility index (Phi) is 4.32. The highest BCUT2D eigenvalue weighted by molar-refractivity contribution is 7.90. The van der Waals surface area contributed by atoms with Crippen LogP contribution in [0.5, 0.6) is 0 Å². The van der Waals surface area contributed by atoms with Crippen molar-refractivity contribution in [2.45, 2.75) is 11.0 Å². The van der Waals surface area contributed by atoms with Crippen LogP contribution >= 0.6 is 0 Å². The van der Waals surface area contributed by atoms with Gasteiger partial charge in [-0.1, -0.05) is 18.2 Å². The summed E-state index contributed by atoms with van der Waals surface area (Å²) < 4.78 is 43.5. The third kappa shape index (κ3) is 3.35. The molecule has 2 heterocycles. The predicted octanol–water partition coefficient (Wildman–Crippen LogP) is 2.20. The molecule has 1 unspecified atom stereocenters. The maximum atomic E-state index is 14.0. The molecule has 7 heteroatoms. The highest BCUT2D eigenvalue weighted by Crippen LogP contribution is 2.29. The van der Waals surface area contributed by atoms with E-state index in [2.05, 4.69) is 4.98 Å². The van der Waals surface area contributed by atoms with Crippen molar-refractivity contribution in [3.63, 3.8) is 0 Å². The van der Waals surface area contributed by atoms with Crippen molar-refractivity contribution in [1.29, 1.82) is 0 Å². The van der Waals surface area contributed by atoms with Gasteiger partial charge in [0.2, 0.25) is 0 Å². The smallest absolute Gasteiger partial charge is 0.179 e. The van der Waals surface area contributed by atoms with Gasteiger partial charge in [-0.25, -0.2) is 17.8 Å².